The molecule has 0 bridgehead atoms. The number of ketones is 1. The van der Waals surface area contributed by atoms with Gasteiger partial charge in [-0.25, -0.2) is 9.50 Å². The standard InChI is InChI=1S/C16H9BrN4OS/c17-14-4-3-13(23-14)15(22)11-9-20-21-12(5-7-19-16(11)21)10-2-1-6-18-8-10/h1-9H. The third-order valence-electron chi connectivity index (χ3n) is 3.40. The molecule has 5 nitrogen and oxygen atoms in total. The van der Waals surface area contributed by atoms with Crippen LogP contribution in [0.1, 0.15) is 15.2 Å². The molecule has 0 radical (unpaired) electrons. The zero-order valence-corrected chi connectivity index (χ0v) is 14.1. The Balaban J connectivity index is 1.87. The van der Waals surface area contributed by atoms with Crippen LogP contribution in [0.4, 0.5) is 0 Å². The molecule has 0 aliphatic carbocycles. The predicted octanol–water partition coefficient (Wildman–Crippen LogP) is 3.85. The molecule has 4 heterocycles. The van der Waals surface area contributed by atoms with E-state index in [-0.39, 0.29) is 5.78 Å². The fraction of sp³-hybridized carbons (Fsp3) is 0. The van der Waals surface area contributed by atoms with Gasteiger partial charge in [0.2, 0.25) is 5.78 Å². The number of halogens is 1. The van der Waals surface area contributed by atoms with E-state index in [0.717, 1.165) is 15.0 Å². The summed E-state index contributed by atoms with van der Waals surface area (Å²) in [6, 6.07) is 9.32. The van der Waals surface area contributed by atoms with Gasteiger partial charge in [-0.3, -0.25) is 9.78 Å². The summed E-state index contributed by atoms with van der Waals surface area (Å²) in [4.78, 5) is 21.8. The van der Waals surface area contributed by atoms with Crippen LogP contribution in [0.25, 0.3) is 16.9 Å². The number of rotatable bonds is 3. The first-order valence-corrected chi connectivity index (χ1v) is 8.38. The SMILES string of the molecule is O=C(c1ccc(Br)s1)c1cnn2c(-c3cccnc3)ccnc12. The first-order chi connectivity index (χ1) is 11.2. The molecule has 4 aromatic heterocycles. The van der Waals surface area contributed by atoms with Gasteiger partial charge in [-0.15, -0.1) is 11.3 Å². The maximum absolute atomic E-state index is 12.7. The number of pyridine rings is 1. The summed E-state index contributed by atoms with van der Waals surface area (Å²) in [6.45, 7) is 0. The van der Waals surface area contributed by atoms with Crippen molar-refractivity contribution in [2.45, 2.75) is 0 Å². The van der Waals surface area contributed by atoms with Crippen LogP contribution in [0.15, 0.2) is 58.9 Å². The van der Waals surface area contributed by atoms with Crippen molar-refractivity contribution in [3.63, 3.8) is 0 Å². The molecule has 0 aromatic carbocycles. The van der Waals surface area contributed by atoms with Crippen molar-refractivity contribution in [1.82, 2.24) is 19.6 Å². The lowest BCUT2D eigenvalue weighted by Gasteiger charge is -2.04. The number of carbonyl (C=O) groups is 1. The van der Waals surface area contributed by atoms with Gasteiger partial charge in [0.1, 0.15) is 0 Å². The van der Waals surface area contributed by atoms with E-state index in [4.69, 9.17) is 0 Å². The molecule has 112 valence electrons. The molecule has 0 amide bonds. The summed E-state index contributed by atoms with van der Waals surface area (Å²) in [5.41, 5.74) is 2.79. The van der Waals surface area contributed by atoms with Gasteiger partial charge in [-0.1, -0.05) is 0 Å². The molecular weight excluding hydrogens is 376 g/mol. The van der Waals surface area contributed by atoms with Crippen molar-refractivity contribution < 1.29 is 4.79 Å². The van der Waals surface area contributed by atoms with Crippen LogP contribution in [0.3, 0.4) is 0 Å². The number of nitrogens with zero attached hydrogens (tertiary/aromatic N) is 4. The lowest BCUT2D eigenvalue weighted by molar-refractivity contribution is 0.104. The summed E-state index contributed by atoms with van der Waals surface area (Å²) in [5, 5.41) is 4.35. The van der Waals surface area contributed by atoms with Gasteiger partial charge >= 0.3 is 0 Å². The molecule has 0 fully saturated rings. The second kappa shape index (κ2) is 5.68. The van der Waals surface area contributed by atoms with E-state index in [1.165, 1.54) is 11.3 Å². The largest absolute Gasteiger partial charge is 0.287 e. The zero-order chi connectivity index (χ0) is 15.8. The number of aromatic nitrogens is 4. The van der Waals surface area contributed by atoms with Gasteiger partial charge in [0.15, 0.2) is 5.65 Å². The third-order valence-corrected chi connectivity index (χ3v) is 5.02. The number of fused-ring (bicyclic) bond motifs is 1. The molecule has 0 aliphatic heterocycles. The molecular formula is C16H9BrN4OS. The average Bonchev–Trinajstić information content (AvgIpc) is 3.21. The Morgan fingerprint density at radius 2 is 2.04 bits per heavy atom. The highest BCUT2D eigenvalue weighted by atomic mass is 79.9. The van der Waals surface area contributed by atoms with E-state index in [2.05, 4.69) is 31.0 Å². The van der Waals surface area contributed by atoms with Crippen molar-refractivity contribution in [3.8, 4) is 11.3 Å². The first-order valence-electron chi connectivity index (χ1n) is 6.77. The van der Waals surface area contributed by atoms with Crippen LogP contribution < -0.4 is 0 Å². The van der Waals surface area contributed by atoms with E-state index in [9.17, 15) is 4.79 Å². The Kier molecular flexibility index (Phi) is 3.51. The lowest BCUT2D eigenvalue weighted by Crippen LogP contribution is -2.01. The number of thiophene rings is 1. The Morgan fingerprint density at radius 1 is 1.13 bits per heavy atom. The molecule has 0 unspecified atom stereocenters. The highest BCUT2D eigenvalue weighted by Gasteiger charge is 2.19. The molecule has 4 rings (SSSR count). The summed E-state index contributed by atoms with van der Waals surface area (Å²) in [7, 11) is 0. The van der Waals surface area contributed by atoms with Crippen LogP contribution in [0.5, 0.6) is 0 Å². The Labute approximate surface area is 143 Å². The Hall–Kier alpha value is -2.38. The van der Waals surface area contributed by atoms with E-state index >= 15 is 0 Å². The van der Waals surface area contributed by atoms with E-state index in [1.54, 1.807) is 35.4 Å². The molecule has 0 spiro atoms. The summed E-state index contributed by atoms with van der Waals surface area (Å²) < 4.78 is 2.59. The molecule has 4 aromatic rings. The van der Waals surface area contributed by atoms with Gasteiger partial charge in [0.05, 0.1) is 26.1 Å². The molecule has 0 saturated carbocycles. The minimum absolute atomic E-state index is 0.0773. The summed E-state index contributed by atoms with van der Waals surface area (Å²) in [6.07, 6.45) is 6.72. The number of carbonyl (C=O) groups excluding carboxylic acids is 1. The van der Waals surface area contributed by atoms with Gasteiger partial charge in [0, 0.05) is 24.2 Å². The zero-order valence-electron chi connectivity index (χ0n) is 11.7. The topological polar surface area (TPSA) is 60.2 Å². The maximum Gasteiger partial charge on any atom is 0.208 e. The summed E-state index contributed by atoms with van der Waals surface area (Å²) in [5.74, 6) is -0.0773. The summed E-state index contributed by atoms with van der Waals surface area (Å²) >= 11 is 4.77. The normalized spacial score (nSPS) is 11.0. The third kappa shape index (κ3) is 2.47. The predicted molar refractivity (Wildman–Crippen MR) is 91.7 cm³/mol. The number of hydrogen-bond acceptors (Lipinski definition) is 5. The van der Waals surface area contributed by atoms with Crippen LogP contribution in [0.2, 0.25) is 0 Å². The van der Waals surface area contributed by atoms with E-state index < -0.39 is 0 Å². The van der Waals surface area contributed by atoms with Crippen LogP contribution in [-0.2, 0) is 0 Å². The monoisotopic (exact) mass is 384 g/mol. The average molecular weight is 385 g/mol. The molecule has 0 atom stereocenters. The van der Waals surface area contributed by atoms with Crippen LogP contribution in [-0.4, -0.2) is 25.4 Å². The van der Waals surface area contributed by atoms with Gasteiger partial charge in [0.25, 0.3) is 0 Å². The van der Waals surface area contributed by atoms with Crippen molar-refractivity contribution in [2.75, 3.05) is 0 Å². The lowest BCUT2D eigenvalue weighted by atomic mass is 10.2. The Bertz CT molecular complexity index is 1010. The van der Waals surface area contributed by atoms with E-state index in [0.29, 0.717) is 16.1 Å². The molecule has 0 aliphatic rings. The smallest absolute Gasteiger partial charge is 0.208 e. The second-order valence-corrected chi connectivity index (χ2v) is 7.26. The molecule has 23 heavy (non-hydrogen) atoms. The van der Waals surface area contributed by atoms with Crippen molar-refractivity contribution in [3.05, 3.63) is 69.3 Å². The van der Waals surface area contributed by atoms with E-state index in [1.807, 2.05) is 24.3 Å². The van der Waals surface area contributed by atoms with Crippen molar-refractivity contribution in [2.24, 2.45) is 0 Å². The van der Waals surface area contributed by atoms with Gasteiger partial charge in [-0.2, -0.15) is 5.10 Å². The van der Waals surface area contributed by atoms with Crippen LogP contribution >= 0.6 is 27.3 Å². The Morgan fingerprint density at radius 3 is 2.78 bits per heavy atom. The molecule has 7 heteroatoms. The number of hydrogen-bond donors (Lipinski definition) is 0. The van der Waals surface area contributed by atoms with Crippen molar-refractivity contribution >= 4 is 38.7 Å². The fourth-order valence-electron chi connectivity index (χ4n) is 2.35. The van der Waals surface area contributed by atoms with Gasteiger partial charge in [-0.05, 0) is 46.3 Å². The quantitative estimate of drug-likeness (QED) is 0.503. The second-order valence-electron chi connectivity index (χ2n) is 4.80. The first kappa shape index (κ1) is 14.2. The highest BCUT2D eigenvalue weighted by molar-refractivity contribution is 9.11. The molecule has 0 saturated heterocycles. The molecule has 0 N–H and O–H groups in total. The maximum atomic E-state index is 12.7. The minimum Gasteiger partial charge on any atom is -0.287 e. The van der Waals surface area contributed by atoms with Crippen LogP contribution in [0, 0.1) is 0 Å². The van der Waals surface area contributed by atoms with Crippen molar-refractivity contribution in [1.29, 1.82) is 0 Å². The minimum atomic E-state index is -0.0773. The van der Waals surface area contributed by atoms with Gasteiger partial charge < -0.3 is 0 Å². The highest BCUT2D eigenvalue weighted by Crippen LogP contribution is 2.26. The fourth-order valence-corrected chi connectivity index (χ4v) is 3.69.